The molecule has 2 unspecified atom stereocenters. The zero-order valence-corrected chi connectivity index (χ0v) is 15.4. The van der Waals surface area contributed by atoms with E-state index in [2.05, 4.69) is 10.7 Å². The lowest BCUT2D eigenvalue weighted by atomic mass is 9.65. The van der Waals surface area contributed by atoms with E-state index in [1.54, 1.807) is 11.3 Å². The molecule has 4 rings (SSSR count). The molecule has 3 N–H and O–H groups in total. The van der Waals surface area contributed by atoms with E-state index < -0.39 is 0 Å². The molecule has 2 bridgehead atoms. The first-order chi connectivity index (χ1) is 11.6. The molecule has 0 spiro atoms. The number of amides is 1. The number of carbonyl (C=O) groups excluding carboxylic acids is 1. The van der Waals surface area contributed by atoms with Crippen LogP contribution in [0.25, 0.3) is 0 Å². The van der Waals surface area contributed by atoms with Gasteiger partial charge in [-0.3, -0.25) is 4.79 Å². The van der Waals surface area contributed by atoms with Crippen LogP contribution < -0.4 is 11.1 Å². The molecular formula is C19H29N3OS. The lowest BCUT2D eigenvalue weighted by molar-refractivity contribution is -0.130. The Morgan fingerprint density at radius 2 is 1.92 bits per heavy atom. The van der Waals surface area contributed by atoms with E-state index in [0.29, 0.717) is 17.9 Å². The smallest absolute Gasteiger partial charge is 0.223 e. The van der Waals surface area contributed by atoms with Crippen molar-refractivity contribution >= 4 is 17.2 Å². The number of carbonyl (C=O) groups is 1. The number of nitrogens with zero attached hydrogens (tertiary/aromatic N) is 1. The molecule has 0 saturated heterocycles. The average molecular weight is 348 g/mol. The van der Waals surface area contributed by atoms with Crippen molar-refractivity contribution in [2.24, 2.45) is 23.5 Å². The minimum Gasteiger partial charge on any atom is -0.344 e. The fraction of sp³-hybridized carbons (Fsp3) is 0.789. The predicted molar refractivity (Wildman–Crippen MR) is 96.7 cm³/mol. The first-order valence-corrected chi connectivity index (χ1v) is 10.5. The first-order valence-electron chi connectivity index (χ1n) is 9.58. The molecule has 0 radical (unpaired) electrons. The van der Waals surface area contributed by atoms with Gasteiger partial charge in [-0.1, -0.05) is 19.3 Å². The number of nitrogens with two attached hydrogens (primary N) is 1. The van der Waals surface area contributed by atoms with Crippen LogP contribution in [-0.4, -0.2) is 16.9 Å². The molecule has 3 aliphatic carbocycles. The minimum absolute atomic E-state index is 0.152. The summed E-state index contributed by atoms with van der Waals surface area (Å²) < 4.78 is 0. The van der Waals surface area contributed by atoms with Crippen LogP contribution in [0, 0.1) is 24.7 Å². The summed E-state index contributed by atoms with van der Waals surface area (Å²) in [5, 5.41) is 6.68. The summed E-state index contributed by atoms with van der Waals surface area (Å²) in [7, 11) is 0. The molecule has 4 nitrogen and oxygen atoms in total. The zero-order valence-electron chi connectivity index (χ0n) is 14.6. The van der Waals surface area contributed by atoms with Crippen LogP contribution in [0.2, 0.25) is 0 Å². The van der Waals surface area contributed by atoms with E-state index in [1.165, 1.54) is 32.1 Å². The van der Waals surface area contributed by atoms with Crippen LogP contribution in [0.3, 0.4) is 0 Å². The van der Waals surface area contributed by atoms with Crippen LogP contribution in [0.15, 0.2) is 5.38 Å². The summed E-state index contributed by atoms with van der Waals surface area (Å²) in [4.78, 5) is 17.8. The summed E-state index contributed by atoms with van der Waals surface area (Å²) in [6.45, 7) is 2.04. The number of nitrogens with one attached hydrogen (secondary N) is 1. The summed E-state index contributed by atoms with van der Waals surface area (Å²) in [5.74, 6) is 1.51. The molecule has 1 heterocycles. The fourth-order valence-corrected chi connectivity index (χ4v) is 6.30. The molecule has 0 aromatic carbocycles. The van der Waals surface area contributed by atoms with E-state index in [9.17, 15) is 4.79 Å². The van der Waals surface area contributed by atoms with Gasteiger partial charge in [0, 0.05) is 23.0 Å². The summed E-state index contributed by atoms with van der Waals surface area (Å²) in [6, 6.07) is 0.324. The minimum atomic E-state index is -0.204. The van der Waals surface area contributed by atoms with Gasteiger partial charge in [0.05, 0.1) is 5.54 Å². The number of hydrogen-bond donors (Lipinski definition) is 2. The summed E-state index contributed by atoms with van der Waals surface area (Å²) in [5.41, 5.74) is 7.25. The van der Waals surface area contributed by atoms with Crippen LogP contribution in [0.4, 0.5) is 0 Å². The van der Waals surface area contributed by atoms with Crippen molar-refractivity contribution in [3.05, 3.63) is 16.1 Å². The molecule has 1 aromatic rings. The maximum Gasteiger partial charge on any atom is 0.223 e. The highest BCUT2D eigenvalue weighted by molar-refractivity contribution is 7.09. The Hall–Kier alpha value is -0.940. The number of rotatable bonds is 3. The molecule has 3 fully saturated rings. The maximum atomic E-state index is 13.1. The van der Waals surface area contributed by atoms with Gasteiger partial charge in [0.25, 0.3) is 0 Å². The SMILES string of the molecule is Cc1csc(C2(NC(=O)C3CC4CCCC(C3)C4N)CCCC2)n1. The number of fused-ring (bicyclic) bond motifs is 2. The van der Waals surface area contributed by atoms with Crippen LogP contribution >= 0.6 is 11.3 Å². The van der Waals surface area contributed by atoms with Gasteiger partial charge >= 0.3 is 0 Å². The fourth-order valence-electron chi connectivity index (χ4n) is 5.29. The Bertz CT molecular complexity index is 594. The van der Waals surface area contributed by atoms with Crippen molar-refractivity contribution < 1.29 is 4.79 Å². The van der Waals surface area contributed by atoms with Crippen molar-refractivity contribution in [3.63, 3.8) is 0 Å². The van der Waals surface area contributed by atoms with E-state index >= 15 is 0 Å². The molecular weight excluding hydrogens is 318 g/mol. The molecule has 3 saturated carbocycles. The van der Waals surface area contributed by atoms with Crippen molar-refractivity contribution in [1.82, 2.24) is 10.3 Å². The third kappa shape index (κ3) is 2.90. The Balaban J connectivity index is 1.50. The third-order valence-corrected chi connectivity index (χ3v) is 7.80. The topological polar surface area (TPSA) is 68.0 Å². The average Bonchev–Trinajstić information content (AvgIpc) is 3.17. The predicted octanol–water partition coefficient (Wildman–Crippen LogP) is 3.49. The Morgan fingerprint density at radius 1 is 1.25 bits per heavy atom. The highest BCUT2D eigenvalue weighted by Gasteiger charge is 2.44. The van der Waals surface area contributed by atoms with Crippen molar-refractivity contribution in [3.8, 4) is 0 Å². The lowest BCUT2D eigenvalue weighted by Gasteiger charge is -2.44. The van der Waals surface area contributed by atoms with Gasteiger partial charge in [-0.05, 0) is 57.3 Å². The van der Waals surface area contributed by atoms with Gasteiger partial charge in [0.1, 0.15) is 5.01 Å². The van der Waals surface area contributed by atoms with Gasteiger partial charge in [0.15, 0.2) is 0 Å². The monoisotopic (exact) mass is 347 g/mol. The summed E-state index contributed by atoms with van der Waals surface area (Å²) >= 11 is 1.71. The highest BCUT2D eigenvalue weighted by atomic mass is 32.1. The van der Waals surface area contributed by atoms with Gasteiger partial charge in [-0.15, -0.1) is 11.3 Å². The second-order valence-electron chi connectivity index (χ2n) is 8.27. The molecule has 2 atom stereocenters. The molecule has 5 heteroatoms. The van der Waals surface area contributed by atoms with E-state index in [4.69, 9.17) is 10.7 Å². The third-order valence-electron chi connectivity index (χ3n) is 6.63. The molecule has 132 valence electrons. The Kier molecular flexibility index (Phi) is 4.42. The maximum absolute atomic E-state index is 13.1. The molecule has 1 aromatic heterocycles. The van der Waals surface area contributed by atoms with Gasteiger partial charge in [-0.25, -0.2) is 4.98 Å². The van der Waals surface area contributed by atoms with Crippen molar-refractivity contribution in [2.75, 3.05) is 0 Å². The molecule has 3 aliphatic rings. The number of hydrogen-bond acceptors (Lipinski definition) is 4. The zero-order chi connectivity index (χ0) is 16.7. The standard InChI is InChI=1S/C19H29N3OS/c1-12-11-24-18(21-12)19(7-2-3-8-19)22-17(23)15-9-13-5-4-6-14(10-15)16(13)20/h11,13-16H,2-10,20H2,1H3,(H,22,23). The van der Waals surface area contributed by atoms with E-state index in [-0.39, 0.29) is 17.4 Å². The highest BCUT2D eigenvalue weighted by Crippen LogP contribution is 2.44. The number of aryl methyl sites for hydroxylation is 1. The Labute approximate surface area is 148 Å². The van der Waals surface area contributed by atoms with Gasteiger partial charge in [0.2, 0.25) is 5.91 Å². The second kappa shape index (κ2) is 6.41. The van der Waals surface area contributed by atoms with Gasteiger partial charge < -0.3 is 11.1 Å². The van der Waals surface area contributed by atoms with Crippen molar-refractivity contribution in [2.45, 2.75) is 76.3 Å². The normalized spacial score (nSPS) is 34.9. The van der Waals surface area contributed by atoms with Gasteiger partial charge in [-0.2, -0.15) is 0 Å². The lowest BCUT2D eigenvalue weighted by Crippen LogP contribution is -2.52. The molecule has 0 aliphatic heterocycles. The quantitative estimate of drug-likeness (QED) is 0.879. The molecule has 1 amide bonds. The van der Waals surface area contributed by atoms with Crippen LogP contribution in [-0.2, 0) is 10.3 Å². The van der Waals surface area contributed by atoms with E-state index in [1.807, 2.05) is 6.92 Å². The number of aromatic nitrogens is 1. The largest absolute Gasteiger partial charge is 0.344 e. The number of thiazole rings is 1. The second-order valence-corrected chi connectivity index (χ2v) is 9.13. The van der Waals surface area contributed by atoms with E-state index in [0.717, 1.165) is 36.4 Å². The van der Waals surface area contributed by atoms with Crippen LogP contribution in [0.5, 0.6) is 0 Å². The molecule has 24 heavy (non-hydrogen) atoms. The Morgan fingerprint density at radius 3 is 2.50 bits per heavy atom. The first kappa shape index (κ1) is 16.5. The summed E-state index contributed by atoms with van der Waals surface area (Å²) in [6.07, 6.45) is 10.1. The van der Waals surface area contributed by atoms with Crippen LogP contribution in [0.1, 0.15) is 68.5 Å². The van der Waals surface area contributed by atoms with Crippen molar-refractivity contribution in [1.29, 1.82) is 0 Å².